The van der Waals surface area contributed by atoms with Crippen molar-refractivity contribution in [3.63, 3.8) is 0 Å². The van der Waals surface area contributed by atoms with Crippen LogP contribution in [0.5, 0.6) is 11.5 Å². The summed E-state index contributed by atoms with van der Waals surface area (Å²) in [6.45, 7) is -0.876. The van der Waals surface area contributed by atoms with Crippen molar-refractivity contribution in [2.24, 2.45) is 0 Å². The predicted octanol–water partition coefficient (Wildman–Crippen LogP) is 4.59. The molecule has 0 saturated carbocycles. The van der Waals surface area contributed by atoms with E-state index >= 15 is 0 Å². The molecule has 0 aliphatic heterocycles. The van der Waals surface area contributed by atoms with Crippen molar-refractivity contribution in [1.29, 1.82) is 0 Å². The molecule has 0 aliphatic carbocycles. The molecule has 114 valence electrons. The van der Waals surface area contributed by atoms with Crippen molar-refractivity contribution in [2.45, 2.75) is 19.6 Å². The first-order valence-electron chi connectivity index (χ1n) is 6.15. The number of halogens is 3. The van der Waals surface area contributed by atoms with Crippen molar-refractivity contribution in [3.8, 4) is 11.5 Å². The van der Waals surface area contributed by atoms with Crippen LogP contribution in [0.3, 0.4) is 0 Å². The Morgan fingerprint density at radius 3 is 2.62 bits per heavy atom. The molecule has 21 heavy (non-hydrogen) atoms. The summed E-state index contributed by atoms with van der Waals surface area (Å²) in [5.74, 6) is 0.134. The Labute approximate surface area is 133 Å². The molecule has 1 aromatic carbocycles. The number of hydrogen-bond donors (Lipinski definition) is 1. The van der Waals surface area contributed by atoms with Gasteiger partial charge in [0.15, 0.2) is 11.5 Å². The highest BCUT2D eigenvalue weighted by Gasteiger charge is 2.18. The minimum Gasteiger partial charge on any atom is -0.490 e. The molecule has 1 N–H and O–H groups in total. The second kappa shape index (κ2) is 7.20. The lowest BCUT2D eigenvalue weighted by atomic mass is 10.1. The minimum atomic E-state index is -2.92. The van der Waals surface area contributed by atoms with E-state index < -0.39 is 12.7 Å². The number of rotatable bonds is 6. The van der Waals surface area contributed by atoms with Crippen molar-refractivity contribution in [1.82, 2.24) is 0 Å². The molecule has 0 fully saturated rings. The van der Waals surface area contributed by atoms with E-state index in [1.807, 2.05) is 11.4 Å². The Morgan fingerprint density at radius 1 is 1.29 bits per heavy atom. The van der Waals surface area contributed by atoms with E-state index in [1.54, 1.807) is 6.92 Å². The zero-order valence-corrected chi connectivity index (χ0v) is 13.5. The first kappa shape index (κ1) is 16.2. The van der Waals surface area contributed by atoms with Crippen LogP contribution in [0.15, 0.2) is 34.1 Å². The molecule has 1 atom stereocenters. The van der Waals surface area contributed by atoms with Crippen molar-refractivity contribution < 1.29 is 23.4 Å². The van der Waals surface area contributed by atoms with E-state index in [1.165, 1.54) is 29.5 Å². The third-order valence-electron chi connectivity index (χ3n) is 2.69. The van der Waals surface area contributed by atoms with Crippen LogP contribution in [-0.2, 0) is 0 Å². The second-order valence-corrected chi connectivity index (χ2v) is 5.86. The molecule has 0 saturated heterocycles. The van der Waals surface area contributed by atoms with Crippen molar-refractivity contribution >= 4 is 27.3 Å². The predicted molar refractivity (Wildman–Crippen MR) is 80.3 cm³/mol. The molecule has 0 spiro atoms. The fraction of sp³-hybridized carbons (Fsp3) is 0.286. The number of benzene rings is 1. The van der Waals surface area contributed by atoms with Gasteiger partial charge >= 0.3 is 6.61 Å². The third kappa shape index (κ3) is 3.93. The van der Waals surface area contributed by atoms with E-state index in [-0.39, 0.29) is 11.5 Å². The molecule has 0 amide bonds. The van der Waals surface area contributed by atoms with Gasteiger partial charge in [0.1, 0.15) is 6.10 Å². The average molecular weight is 379 g/mol. The highest BCUT2D eigenvalue weighted by Crippen LogP contribution is 2.37. The third-order valence-corrected chi connectivity index (χ3v) is 4.62. The van der Waals surface area contributed by atoms with Crippen LogP contribution in [0.4, 0.5) is 8.78 Å². The smallest absolute Gasteiger partial charge is 0.387 e. The fourth-order valence-corrected chi connectivity index (χ4v) is 3.41. The highest BCUT2D eigenvalue weighted by molar-refractivity contribution is 9.10. The first-order chi connectivity index (χ1) is 10.0. The standard InChI is InChI=1S/C14H13BrF2O3S/c1-2-19-11-7-8(3-4-10(11)20-14(16)17)12(18)13-9(15)5-6-21-13/h3-7,12,14,18H,2H2,1H3. The number of aliphatic hydroxyl groups is 1. The summed E-state index contributed by atoms with van der Waals surface area (Å²) < 4.78 is 35.2. The SMILES string of the molecule is CCOc1cc(C(O)c2sccc2Br)ccc1OC(F)F. The normalized spacial score (nSPS) is 12.5. The van der Waals surface area contributed by atoms with Gasteiger partial charge < -0.3 is 14.6 Å². The highest BCUT2D eigenvalue weighted by atomic mass is 79.9. The Balaban J connectivity index is 2.33. The van der Waals surface area contributed by atoms with Gasteiger partial charge in [-0.05, 0) is 52.0 Å². The topological polar surface area (TPSA) is 38.7 Å². The zero-order chi connectivity index (χ0) is 15.4. The van der Waals surface area contributed by atoms with Gasteiger partial charge in [0, 0.05) is 4.47 Å². The number of alkyl halides is 2. The van der Waals surface area contributed by atoms with Gasteiger partial charge in [-0.25, -0.2) is 0 Å². The molecule has 1 unspecified atom stereocenters. The number of ether oxygens (including phenoxy) is 2. The van der Waals surface area contributed by atoms with Crippen LogP contribution in [0.1, 0.15) is 23.5 Å². The number of aliphatic hydroxyl groups excluding tert-OH is 1. The summed E-state index contributed by atoms with van der Waals surface area (Å²) in [6.07, 6.45) is -0.862. The molecule has 0 bridgehead atoms. The number of hydrogen-bond acceptors (Lipinski definition) is 4. The van der Waals surface area contributed by atoms with E-state index in [4.69, 9.17) is 4.74 Å². The van der Waals surface area contributed by atoms with Crippen LogP contribution in [0.25, 0.3) is 0 Å². The molecule has 2 rings (SSSR count). The Hall–Kier alpha value is -1.18. The second-order valence-electron chi connectivity index (χ2n) is 4.05. The molecule has 0 radical (unpaired) electrons. The Kier molecular flexibility index (Phi) is 5.55. The van der Waals surface area contributed by atoms with Crippen LogP contribution < -0.4 is 9.47 Å². The Bertz CT molecular complexity index is 604. The van der Waals surface area contributed by atoms with Crippen molar-refractivity contribution in [3.05, 3.63) is 44.6 Å². The van der Waals surface area contributed by atoms with Crippen LogP contribution in [-0.4, -0.2) is 18.3 Å². The molecule has 1 heterocycles. The maximum absolute atomic E-state index is 12.3. The first-order valence-corrected chi connectivity index (χ1v) is 7.82. The zero-order valence-electron chi connectivity index (χ0n) is 11.1. The summed E-state index contributed by atoms with van der Waals surface area (Å²) >= 11 is 4.75. The van der Waals surface area contributed by atoms with Crippen LogP contribution >= 0.6 is 27.3 Å². The largest absolute Gasteiger partial charge is 0.490 e. The van der Waals surface area contributed by atoms with E-state index in [0.29, 0.717) is 12.2 Å². The molecule has 2 aromatic rings. The lowest BCUT2D eigenvalue weighted by Gasteiger charge is -2.15. The summed E-state index contributed by atoms with van der Waals surface area (Å²) in [5.41, 5.74) is 0.545. The maximum Gasteiger partial charge on any atom is 0.387 e. The molecular formula is C14H13BrF2O3S. The summed E-state index contributed by atoms with van der Waals surface area (Å²) in [6, 6.07) is 6.26. The molecular weight excluding hydrogens is 366 g/mol. The van der Waals surface area contributed by atoms with Gasteiger partial charge in [0.05, 0.1) is 11.5 Å². The molecule has 7 heteroatoms. The monoisotopic (exact) mass is 378 g/mol. The van der Waals surface area contributed by atoms with E-state index in [0.717, 1.165) is 9.35 Å². The summed E-state index contributed by atoms with van der Waals surface area (Å²) in [4.78, 5) is 0.736. The Morgan fingerprint density at radius 2 is 2.05 bits per heavy atom. The average Bonchev–Trinajstić information content (AvgIpc) is 2.86. The number of thiophene rings is 1. The lowest BCUT2D eigenvalue weighted by molar-refractivity contribution is -0.0514. The maximum atomic E-state index is 12.3. The van der Waals surface area contributed by atoms with Gasteiger partial charge in [-0.3, -0.25) is 0 Å². The van der Waals surface area contributed by atoms with Crippen LogP contribution in [0.2, 0.25) is 0 Å². The van der Waals surface area contributed by atoms with Crippen LogP contribution in [0, 0.1) is 0 Å². The molecule has 3 nitrogen and oxygen atoms in total. The quantitative estimate of drug-likeness (QED) is 0.798. The summed E-state index contributed by atoms with van der Waals surface area (Å²) in [5, 5.41) is 12.2. The lowest BCUT2D eigenvalue weighted by Crippen LogP contribution is -2.06. The summed E-state index contributed by atoms with van der Waals surface area (Å²) in [7, 11) is 0. The van der Waals surface area contributed by atoms with Crippen molar-refractivity contribution in [2.75, 3.05) is 6.61 Å². The van der Waals surface area contributed by atoms with E-state index in [9.17, 15) is 13.9 Å². The van der Waals surface area contributed by atoms with Gasteiger partial charge in [-0.2, -0.15) is 8.78 Å². The van der Waals surface area contributed by atoms with Gasteiger partial charge in [0.25, 0.3) is 0 Å². The van der Waals surface area contributed by atoms with Gasteiger partial charge in [-0.15, -0.1) is 11.3 Å². The van der Waals surface area contributed by atoms with E-state index in [2.05, 4.69) is 20.7 Å². The van der Waals surface area contributed by atoms with Gasteiger partial charge in [-0.1, -0.05) is 6.07 Å². The fourth-order valence-electron chi connectivity index (χ4n) is 1.81. The minimum absolute atomic E-state index is 0.0481. The molecule has 0 aliphatic rings. The molecule has 1 aromatic heterocycles. The van der Waals surface area contributed by atoms with Gasteiger partial charge in [0.2, 0.25) is 0 Å².